The molecule has 180 valence electrons. The first-order valence-electron chi connectivity index (χ1n) is 11.4. The zero-order chi connectivity index (χ0) is 25.2. The Labute approximate surface area is 206 Å². The number of benzene rings is 2. The molecule has 0 aliphatic carbocycles. The van der Waals surface area contributed by atoms with Crippen LogP contribution in [0.1, 0.15) is 12.8 Å². The number of carbonyl (C=O) groups is 1. The number of nitrogens with zero attached hydrogens (tertiary/aromatic N) is 6. The summed E-state index contributed by atoms with van der Waals surface area (Å²) in [7, 11) is 0. The van der Waals surface area contributed by atoms with E-state index >= 15 is 4.39 Å². The van der Waals surface area contributed by atoms with Crippen molar-refractivity contribution in [3.8, 4) is 28.8 Å². The van der Waals surface area contributed by atoms with Crippen LogP contribution < -0.4 is 10.5 Å². The molecule has 10 heteroatoms. The topological polar surface area (TPSA) is 123 Å². The van der Waals surface area contributed by atoms with Gasteiger partial charge in [0.05, 0.1) is 18.0 Å². The Hall–Kier alpha value is -4.78. The van der Waals surface area contributed by atoms with Gasteiger partial charge in [-0.1, -0.05) is 24.8 Å². The average molecular weight is 484 g/mol. The van der Waals surface area contributed by atoms with E-state index in [0.717, 1.165) is 12.8 Å². The van der Waals surface area contributed by atoms with Gasteiger partial charge in [0, 0.05) is 18.2 Å². The summed E-state index contributed by atoms with van der Waals surface area (Å²) in [6, 6.07) is 15.2. The van der Waals surface area contributed by atoms with Gasteiger partial charge < -0.3 is 15.4 Å². The van der Waals surface area contributed by atoms with Crippen LogP contribution in [-0.2, 0) is 11.3 Å². The lowest BCUT2D eigenvalue weighted by Gasteiger charge is -2.24. The summed E-state index contributed by atoms with van der Waals surface area (Å²) in [5.41, 5.74) is 7.00. The first kappa shape index (κ1) is 23.0. The van der Waals surface area contributed by atoms with Gasteiger partial charge in [0.2, 0.25) is 0 Å². The van der Waals surface area contributed by atoms with E-state index < -0.39 is 11.7 Å². The summed E-state index contributed by atoms with van der Waals surface area (Å²) in [6.07, 6.45) is 2.83. The molecule has 0 radical (unpaired) electrons. The van der Waals surface area contributed by atoms with Gasteiger partial charge in [-0.2, -0.15) is 10.4 Å². The molecule has 1 aliphatic rings. The van der Waals surface area contributed by atoms with Gasteiger partial charge in [-0.25, -0.2) is 19.0 Å². The van der Waals surface area contributed by atoms with Crippen molar-refractivity contribution in [2.45, 2.75) is 25.4 Å². The van der Waals surface area contributed by atoms with Crippen LogP contribution in [0.3, 0.4) is 0 Å². The number of ether oxygens (including phenoxy) is 1. The lowest BCUT2D eigenvalue weighted by Crippen LogP contribution is -2.38. The fourth-order valence-electron chi connectivity index (χ4n) is 4.44. The molecule has 1 amide bonds. The highest BCUT2D eigenvalue weighted by Crippen LogP contribution is 2.34. The number of halogens is 1. The largest absolute Gasteiger partial charge is 0.457 e. The van der Waals surface area contributed by atoms with Gasteiger partial charge in [0.15, 0.2) is 5.65 Å². The molecular weight excluding hydrogens is 461 g/mol. The van der Waals surface area contributed by atoms with Gasteiger partial charge in [-0.15, -0.1) is 0 Å². The molecule has 5 rings (SSSR count). The highest BCUT2D eigenvalue weighted by Gasteiger charge is 2.31. The van der Waals surface area contributed by atoms with Crippen LogP contribution in [0.2, 0.25) is 0 Å². The Morgan fingerprint density at radius 3 is 2.78 bits per heavy atom. The van der Waals surface area contributed by atoms with Gasteiger partial charge in [-0.05, 0) is 37.1 Å². The second kappa shape index (κ2) is 9.46. The third-order valence-corrected chi connectivity index (χ3v) is 6.15. The molecule has 9 nitrogen and oxygen atoms in total. The number of anilines is 1. The van der Waals surface area contributed by atoms with Gasteiger partial charge in [0.1, 0.15) is 46.8 Å². The number of aromatic nitrogens is 4. The average Bonchev–Trinajstić information content (AvgIpc) is 3.50. The van der Waals surface area contributed by atoms with E-state index in [9.17, 15) is 4.79 Å². The van der Waals surface area contributed by atoms with E-state index in [-0.39, 0.29) is 23.0 Å². The van der Waals surface area contributed by atoms with Crippen LogP contribution in [0.5, 0.6) is 11.5 Å². The third kappa shape index (κ3) is 4.22. The Morgan fingerprint density at radius 1 is 1.22 bits per heavy atom. The van der Waals surface area contributed by atoms with Crippen LogP contribution >= 0.6 is 0 Å². The smallest absolute Gasteiger partial charge is 0.264 e. The maximum Gasteiger partial charge on any atom is 0.264 e. The van der Waals surface area contributed by atoms with Crippen molar-refractivity contribution >= 4 is 22.8 Å². The molecular formula is C26H22FN7O2. The van der Waals surface area contributed by atoms with Crippen molar-refractivity contribution in [1.29, 1.82) is 5.26 Å². The summed E-state index contributed by atoms with van der Waals surface area (Å²) in [4.78, 5) is 22.6. The Balaban J connectivity index is 1.50. The Morgan fingerprint density at radius 2 is 2.03 bits per heavy atom. The second-order valence-corrected chi connectivity index (χ2v) is 8.43. The number of nitrogens with two attached hydrogens (primary N) is 1. The van der Waals surface area contributed by atoms with Crippen molar-refractivity contribution in [2.24, 2.45) is 0 Å². The molecule has 0 bridgehead atoms. The maximum atomic E-state index is 15.3. The van der Waals surface area contributed by atoms with Crippen molar-refractivity contribution in [1.82, 2.24) is 24.6 Å². The monoisotopic (exact) mass is 483 g/mol. The Kier molecular flexibility index (Phi) is 6.04. The molecule has 36 heavy (non-hydrogen) atoms. The second-order valence-electron chi connectivity index (χ2n) is 8.43. The maximum absolute atomic E-state index is 15.3. The van der Waals surface area contributed by atoms with Crippen molar-refractivity contribution in [3.63, 3.8) is 0 Å². The molecule has 4 aromatic rings. The minimum Gasteiger partial charge on any atom is -0.457 e. The molecule has 2 aromatic heterocycles. The van der Waals surface area contributed by atoms with E-state index in [4.69, 9.17) is 15.7 Å². The quantitative estimate of drug-likeness (QED) is 0.324. The molecule has 0 spiro atoms. The number of amides is 1. The Bertz CT molecular complexity index is 1510. The van der Waals surface area contributed by atoms with Crippen molar-refractivity contribution in [3.05, 3.63) is 72.8 Å². The molecule has 0 saturated carbocycles. The number of hydrogen-bond donors (Lipinski definition) is 1. The standard InChI is InChI=1S/C26H22FN7O2/c1-16(13-28)26(35)33-11-5-6-17(33)14-34-25-22(24(29)30-15-31-25)23(32-34)20-10-9-19(12-21(20)27)36-18-7-3-2-4-8-18/h2-4,7-10,12,15,17H,1,5-6,11,14H2,(H2,29,30,31). The zero-order valence-corrected chi connectivity index (χ0v) is 19.3. The summed E-state index contributed by atoms with van der Waals surface area (Å²) < 4.78 is 22.7. The SMILES string of the molecule is C=C(C#N)C(=O)N1CCCC1Cn1nc(-c2ccc(Oc3ccccc3)cc2F)c2c(N)ncnc21. The summed E-state index contributed by atoms with van der Waals surface area (Å²) in [6.45, 7) is 4.36. The predicted molar refractivity (Wildman–Crippen MR) is 131 cm³/mol. The minimum atomic E-state index is -0.541. The van der Waals surface area contributed by atoms with E-state index in [2.05, 4.69) is 21.6 Å². The molecule has 1 saturated heterocycles. The molecule has 1 fully saturated rings. The first-order chi connectivity index (χ1) is 17.5. The fraction of sp³-hybridized carbons (Fsp3) is 0.192. The number of rotatable bonds is 6. The van der Waals surface area contributed by atoms with Crippen LogP contribution in [-0.4, -0.2) is 43.1 Å². The van der Waals surface area contributed by atoms with E-state index in [1.165, 1.54) is 12.4 Å². The number of nitriles is 1. The number of para-hydroxylation sites is 1. The third-order valence-electron chi connectivity index (χ3n) is 6.15. The number of fused-ring (bicyclic) bond motifs is 1. The van der Waals surface area contributed by atoms with Crippen molar-refractivity contribution < 1.29 is 13.9 Å². The molecule has 1 unspecified atom stereocenters. The molecule has 2 N–H and O–H groups in total. The number of nitrogen functional groups attached to an aromatic ring is 1. The minimum absolute atomic E-state index is 0.112. The van der Waals surface area contributed by atoms with Crippen LogP contribution in [0.15, 0.2) is 67.0 Å². The summed E-state index contributed by atoms with van der Waals surface area (Å²) in [5, 5.41) is 14.1. The summed E-state index contributed by atoms with van der Waals surface area (Å²) in [5.74, 6) is 0.162. The van der Waals surface area contributed by atoms with Crippen molar-refractivity contribution in [2.75, 3.05) is 12.3 Å². The van der Waals surface area contributed by atoms with Crippen LogP contribution in [0, 0.1) is 17.1 Å². The molecule has 1 atom stereocenters. The van der Waals surface area contributed by atoms with Crippen LogP contribution in [0.4, 0.5) is 10.2 Å². The first-order valence-corrected chi connectivity index (χ1v) is 11.4. The number of likely N-dealkylation sites (tertiary alicyclic amines) is 1. The fourth-order valence-corrected chi connectivity index (χ4v) is 4.44. The molecule has 3 heterocycles. The van der Waals surface area contributed by atoms with Gasteiger partial charge in [0.25, 0.3) is 5.91 Å². The highest BCUT2D eigenvalue weighted by molar-refractivity contribution is 5.98. The molecule has 2 aromatic carbocycles. The molecule has 1 aliphatic heterocycles. The lowest BCUT2D eigenvalue weighted by molar-refractivity contribution is -0.127. The van der Waals surface area contributed by atoms with E-state index in [0.29, 0.717) is 41.3 Å². The number of carbonyl (C=O) groups excluding carboxylic acids is 1. The normalized spacial score (nSPS) is 15.1. The lowest BCUT2D eigenvalue weighted by atomic mass is 10.1. The van der Waals surface area contributed by atoms with E-state index in [1.807, 2.05) is 24.3 Å². The number of hydrogen-bond acceptors (Lipinski definition) is 7. The summed E-state index contributed by atoms with van der Waals surface area (Å²) >= 11 is 0. The van der Waals surface area contributed by atoms with Gasteiger partial charge in [-0.3, -0.25) is 4.79 Å². The van der Waals surface area contributed by atoms with Crippen LogP contribution in [0.25, 0.3) is 22.3 Å². The predicted octanol–water partition coefficient (Wildman–Crippen LogP) is 4.08. The van der Waals surface area contributed by atoms with Gasteiger partial charge >= 0.3 is 0 Å². The highest BCUT2D eigenvalue weighted by atomic mass is 19.1. The van der Waals surface area contributed by atoms with E-state index in [1.54, 1.807) is 33.8 Å². The zero-order valence-electron chi connectivity index (χ0n) is 19.3.